The van der Waals surface area contributed by atoms with E-state index in [-0.39, 0.29) is 6.16 Å². The minimum atomic E-state index is -3.13. The lowest BCUT2D eigenvalue weighted by Crippen LogP contribution is -2.19. The molecule has 0 radical (unpaired) electrons. The second-order valence-electron chi connectivity index (χ2n) is 5.48. The van der Waals surface area contributed by atoms with Gasteiger partial charge in [-0.1, -0.05) is 41.4 Å². The van der Waals surface area contributed by atoms with E-state index in [1.807, 2.05) is 24.3 Å². The van der Waals surface area contributed by atoms with Crippen LogP contribution in [0.15, 0.2) is 42.5 Å². The number of nitrogens with one attached hydrogen (secondary N) is 2. The van der Waals surface area contributed by atoms with Crippen molar-refractivity contribution in [2.45, 2.75) is 20.0 Å². The average molecular weight is 447 g/mol. The van der Waals surface area contributed by atoms with Crippen LogP contribution in [0.3, 0.4) is 0 Å². The van der Waals surface area contributed by atoms with Gasteiger partial charge in [0.25, 0.3) is 0 Å². The van der Waals surface area contributed by atoms with E-state index in [0.29, 0.717) is 34.1 Å². The maximum atomic E-state index is 12.6. The molecular weight excluding hydrogens is 426 g/mol. The quantitative estimate of drug-likeness (QED) is 0.353. The van der Waals surface area contributed by atoms with Gasteiger partial charge < -0.3 is 19.7 Å². The summed E-state index contributed by atoms with van der Waals surface area (Å²) in [6.07, 6.45) is 0.215. The third-order valence-electron chi connectivity index (χ3n) is 3.44. The van der Waals surface area contributed by atoms with Crippen LogP contribution in [-0.2, 0) is 19.8 Å². The topological polar surface area (TPSA) is 59.6 Å². The zero-order valence-corrected chi connectivity index (χ0v) is 18.2. The summed E-state index contributed by atoms with van der Waals surface area (Å²) >= 11 is 17.6. The summed E-state index contributed by atoms with van der Waals surface area (Å²) < 4.78 is 23.2. The van der Waals surface area contributed by atoms with E-state index >= 15 is 0 Å². The third-order valence-corrected chi connectivity index (χ3v) is 6.33. The highest BCUT2D eigenvalue weighted by molar-refractivity contribution is 7.80. The van der Waals surface area contributed by atoms with Gasteiger partial charge in [0.05, 0.1) is 35.1 Å². The van der Waals surface area contributed by atoms with Crippen LogP contribution in [0.2, 0.25) is 10.0 Å². The molecule has 2 aromatic carbocycles. The number of hydrogen-bond donors (Lipinski definition) is 2. The van der Waals surface area contributed by atoms with Crippen molar-refractivity contribution in [1.29, 1.82) is 0 Å². The Morgan fingerprint density at radius 2 is 1.56 bits per heavy atom. The lowest BCUT2D eigenvalue weighted by Gasteiger charge is -2.17. The summed E-state index contributed by atoms with van der Waals surface area (Å²) in [5, 5.41) is 7.35. The van der Waals surface area contributed by atoms with Gasteiger partial charge in [0.15, 0.2) is 5.11 Å². The highest BCUT2D eigenvalue weighted by atomic mass is 35.5. The average Bonchev–Trinajstić information content (AvgIpc) is 2.60. The second kappa shape index (κ2) is 10.4. The normalized spacial score (nSPS) is 11.3. The highest BCUT2D eigenvalue weighted by Crippen LogP contribution is 2.51. The first-order chi connectivity index (χ1) is 12.9. The van der Waals surface area contributed by atoms with Gasteiger partial charge in [-0.2, -0.15) is 0 Å². The lowest BCUT2D eigenvalue weighted by atomic mass is 10.2. The second-order valence-corrected chi connectivity index (χ2v) is 8.75. The van der Waals surface area contributed by atoms with Gasteiger partial charge in [0, 0.05) is 5.69 Å². The summed E-state index contributed by atoms with van der Waals surface area (Å²) in [4.78, 5) is 0. The molecule has 2 N–H and O–H groups in total. The van der Waals surface area contributed by atoms with E-state index in [0.717, 1.165) is 11.3 Å². The van der Waals surface area contributed by atoms with Crippen LogP contribution in [0, 0.1) is 0 Å². The smallest absolute Gasteiger partial charge is 0.332 e. The molecule has 0 fully saturated rings. The number of para-hydroxylation sites is 1. The number of benzene rings is 2. The first-order valence-corrected chi connectivity index (χ1v) is 11.2. The molecule has 0 saturated heterocycles. The Hall–Kier alpha value is -1.14. The van der Waals surface area contributed by atoms with Gasteiger partial charge in [-0.3, -0.25) is 4.57 Å². The van der Waals surface area contributed by atoms with Crippen LogP contribution in [0.25, 0.3) is 0 Å². The zero-order chi connectivity index (χ0) is 19.9. The third kappa shape index (κ3) is 6.75. The summed E-state index contributed by atoms with van der Waals surface area (Å²) in [5.74, 6) is 0. The van der Waals surface area contributed by atoms with Crippen LogP contribution in [-0.4, -0.2) is 18.3 Å². The molecule has 5 nitrogen and oxygen atoms in total. The zero-order valence-electron chi connectivity index (χ0n) is 15.0. The molecular formula is C18H21Cl2N2O3PS. The van der Waals surface area contributed by atoms with Crippen molar-refractivity contribution in [3.8, 4) is 0 Å². The van der Waals surface area contributed by atoms with Crippen LogP contribution < -0.4 is 10.6 Å². The summed E-state index contributed by atoms with van der Waals surface area (Å²) in [6, 6.07) is 12.6. The molecule has 0 heterocycles. The molecule has 0 amide bonds. The van der Waals surface area contributed by atoms with Crippen LogP contribution in [0.1, 0.15) is 19.4 Å². The summed E-state index contributed by atoms with van der Waals surface area (Å²) in [6.45, 7) is 4.25. The molecule has 0 spiro atoms. The predicted molar refractivity (Wildman–Crippen MR) is 117 cm³/mol. The molecule has 9 heteroatoms. The van der Waals surface area contributed by atoms with E-state index in [9.17, 15) is 4.57 Å². The first-order valence-electron chi connectivity index (χ1n) is 8.36. The van der Waals surface area contributed by atoms with Crippen LogP contribution >= 0.6 is 43.0 Å². The molecule has 2 aromatic rings. The van der Waals surface area contributed by atoms with Crippen molar-refractivity contribution < 1.29 is 13.6 Å². The molecule has 0 bridgehead atoms. The van der Waals surface area contributed by atoms with Gasteiger partial charge in [-0.15, -0.1) is 0 Å². The molecule has 146 valence electrons. The van der Waals surface area contributed by atoms with E-state index < -0.39 is 7.60 Å². The van der Waals surface area contributed by atoms with Gasteiger partial charge in [0.1, 0.15) is 0 Å². The number of thiocarbonyl (C=S) groups is 1. The van der Waals surface area contributed by atoms with Crippen molar-refractivity contribution in [2.24, 2.45) is 0 Å². The Morgan fingerprint density at radius 1 is 1.00 bits per heavy atom. The minimum absolute atomic E-state index is 0.215. The van der Waals surface area contributed by atoms with Gasteiger partial charge in [0.2, 0.25) is 0 Å². The molecule has 0 atom stereocenters. The van der Waals surface area contributed by atoms with Crippen molar-refractivity contribution in [3.05, 3.63) is 58.1 Å². The van der Waals surface area contributed by atoms with Gasteiger partial charge >= 0.3 is 7.60 Å². The minimum Gasteiger partial charge on any atom is -0.332 e. The molecule has 27 heavy (non-hydrogen) atoms. The van der Waals surface area contributed by atoms with E-state index in [1.165, 1.54) is 0 Å². The Morgan fingerprint density at radius 3 is 2.07 bits per heavy atom. The van der Waals surface area contributed by atoms with Crippen molar-refractivity contribution in [1.82, 2.24) is 0 Å². The fourth-order valence-electron chi connectivity index (χ4n) is 2.33. The fourth-order valence-corrected chi connectivity index (χ4v) is 4.75. The fraction of sp³-hybridized carbons (Fsp3) is 0.278. The largest absolute Gasteiger partial charge is 0.335 e. The van der Waals surface area contributed by atoms with Gasteiger partial charge in [-0.25, -0.2) is 0 Å². The molecule has 2 rings (SSSR count). The van der Waals surface area contributed by atoms with E-state index in [2.05, 4.69) is 10.6 Å². The first kappa shape index (κ1) is 22.2. The summed E-state index contributed by atoms with van der Waals surface area (Å²) in [5.41, 5.74) is 2.16. The Bertz CT molecular complexity index is 804. The number of rotatable bonds is 8. The van der Waals surface area contributed by atoms with Crippen molar-refractivity contribution in [3.63, 3.8) is 0 Å². The van der Waals surface area contributed by atoms with Crippen molar-refractivity contribution >= 4 is 59.5 Å². The number of halogens is 2. The molecule has 0 aromatic heterocycles. The molecule has 0 saturated carbocycles. The van der Waals surface area contributed by atoms with Crippen molar-refractivity contribution in [2.75, 3.05) is 23.8 Å². The Labute approximate surface area is 174 Å². The van der Waals surface area contributed by atoms with E-state index in [4.69, 9.17) is 44.5 Å². The molecule has 0 unspecified atom stereocenters. The predicted octanol–water partition coefficient (Wildman–Crippen LogP) is 6.57. The monoisotopic (exact) mass is 446 g/mol. The highest BCUT2D eigenvalue weighted by Gasteiger charge is 2.23. The molecule has 0 aliphatic carbocycles. The Kier molecular flexibility index (Phi) is 8.55. The summed E-state index contributed by atoms with van der Waals surface area (Å²) in [7, 11) is -3.13. The maximum absolute atomic E-state index is 12.6. The molecule has 0 aliphatic rings. The number of hydrogen-bond acceptors (Lipinski definition) is 4. The number of anilines is 2. The Balaban J connectivity index is 2.01. The molecule has 0 aliphatic heterocycles. The van der Waals surface area contributed by atoms with Gasteiger partial charge in [-0.05, 0) is 55.9 Å². The maximum Gasteiger partial charge on any atom is 0.335 e. The van der Waals surface area contributed by atoms with Crippen LogP contribution in [0.5, 0.6) is 0 Å². The van der Waals surface area contributed by atoms with E-state index in [1.54, 1.807) is 32.0 Å². The van der Waals surface area contributed by atoms with Crippen LogP contribution in [0.4, 0.5) is 11.4 Å². The lowest BCUT2D eigenvalue weighted by molar-refractivity contribution is 0.219. The SMILES string of the molecule is CCOP(=O)(Cc1ccc(NC(=S)Nc2c(Cl)cccc2Cl)cc1)OCC. The standard InChI is InChI=1S/C18H21Cl2N2O3PS/c1-3-24-26(23,25-4-2)12-13-8-10-14(11-9-13)21-18(27)22-17-15(19)6-5-7-16(17)20/h5-11H,3-4,12H2,1-2H3,(H2,21,22,27).